The predicted octanol–water partition coefficient (Wildman–Crippen LogP) is 4.05. The minimum absolute atomic E-state index is 0.220. The highest BCUT2D eigenvalue weighted by molar-refractivity contribution is 5.68. The van der Waals surface area contributed by atoms with Gasteiger partial charge in [0.1, 0.15) is 11.4 Å². The molecule has 1 saturated heterocycles. The van der Waals surface area contributed by atoms with E-state index in [1.807, 2.05) is 39.0 Å². The number of allylic oxidation sites excluding steroid dienone is 1. The van der Waals surface area contributed by atoms with Gasteiger partial charge < -0.3 is 14.7 Å². The van der Waals surface area contributed by atoms with E-state index in [0.29, 0.717) is 5.92 Å². The lowest BCUT2D eigenvalue weighted by atomic mass is 9.96. The van der Waals surface area contributed by atoms with Gasteiger partial charge in [-0.2, -0.15) is 0 Å². The van der Waals surface area contributed by atoms with Gasteiger partial charge in [-0.25, -0.2) is 4.79 Å². The number of phenols is 1. The number of hydrogen-bond acceptors (Lipinski definition) is 3. The van der Waals surface area contributed by atoms with Gasteiger partial charge in [0.2, 0.25) is 0 Å². The largest absolute Gasteiger partial charge is 0.508 e. The molecular weight excluding hydrogens is 278 g/mol. The summed E-state index contributed by atoms with van der Waals surface area (Å²) in [4.78, 5) is 13.8. The van der Waals surface area contributed by atoms with E-state index in [0.717, 1.165) is 31.5 Å². The molecule has 1 aliphatic rings. The molecule has 2 rings (SSSR count). The summed E-state index contributed by atoms with van der Waals surface area (Å²) in [6.07, 6.45) is 5.86. The lowest BCUT2D eigenvalue weighted by Crippen LogP contribution is -2.41. The number of ether oxygens (including phenoxy) is 1. The Morgan fingerprint density at radius 3 is 2.59 bits per heavy atom. The maximum absolute atomic E-state index is 12.0. The van der Waals surface area contributed by atoms with Crippen LogP contribution >= 0.6 is 0 Å². The second-order valence-electron chi connectivity index (χ2n) is 6.76. The average molecular weight is 303 g/mol. The van der Waals surface area contributed by atoms with Crippen LogP contribution in [-0.4, -0.2) is 34.8 Å². The molecule has 1 aliphatic heterocycles. The third-order valence-corrected chi connectivity index (χ3v) is 3.62. The van der Waals surface area contributed by atoms with Gasteiger partial charge in [-0.15, -0.1) is 0 Å². The number of carbonyl (C=O) groups is 1. The van der Waals surface area contributed by atoms with Crippen LogP contribution in [0.3, 0.4) is 0 Å². The van der Waals surface area contributed by atoms with Gasteiger partial charge >= 0.3 is 6.09 Å². The SMILES string of the molecule is CC(C)(C)OC(=O)N1CCC(/C=C/c2cccc(O)c2)CC1. The highest BCUT2D eigenvalue weighted by Gasteiger charge is 2.25. The Morgan fingerprint density at radius 2 is 2.00 bits per heavy atom. The molecular formula is C18H25NO3. The van der Waals surface area contributed by atoms with Crippen molar-refractivity contribution in [3.63, 3.8) is 0 Å². The molecule has 1 heterocycles. The zero-order valence-corrected chi connectivity index (χ0v) is 13.6. The van der Waals surface area contributed by atoms with Gasteiger partial charge in [0, 0.05) is 13.1 Å². The summed E-state index contributed by atoms with van der Waals surface area (Å²) >= 11 is 0. The highest BCUT2D eigenvalue weighted by Crippen LogP contribution is 2.22. The summed E-state index contributed by atoms with van der Waals surface area (Å²) in [5.74, 6) is 0.739. The summed E-state index contributed by atoms with van der Waals surface area (Å²) in [5, 5.41) is 9.45. The zero-order chi connectivity index (χ0) is 16.2. The first kappa shape index (κ1) is 16.4. The highest BCUT2D eigenvalue weighted by atomic mass is 16.6. The number of phenolic OH excluding ortho intramolecular Hbond substituents is 1. The number of carbonyl (C=O) groups excluding carboxylic acids is 1. The lowest BCUT2D eigenvalue weighted by Gasteiger charge is -2.32. The van der Waals surface area contributed by atoms with Crippen molar-refractivity contribution >= 4 is 12.2 Å². The molecule has 22 heavy (non-hydrogen) atoms. The fraction of sp³-hybridized carbons (Fsp3) is 0.500. The number of rotatable bonds is 2. The molecule has 120 valence electrons. The van der Waals surface area contributed by atoms with Crippen LogP contribution in [0.1, 0.15) is 39.2 Å². The first-order valence-electron chi connectivity index (χ1n) is 7.79. The van der Waals surface area contributed by atoms with Gasteiger partial charge in [0.05, 0.1) is 0 Å². The van der Waals surface area contributed by atoms with Crippen molar-refractivity contribution in [1.29, 1.82) is 0 Å². The fourth-order valence-corrected chi connectivity index (χ4v) is 2.48. The Kier molecular flexibility index (Phi) is 5.11. The normalized spacial score (nSPS) is 17.0. The van der Waals surface area contributed by atoms with Gasteiger partial charge in [-0.3, -0.25) is 0 Å². The Labute approximate surface area is 132 Å². The van der Waals surface area contributed by atoms with Gasteiger partial charge in [-0.1, -0.05) is 24.3 Å². The third kappa shape index (κ3) is 5.10. The van der Waals surface area contributed by atoms with E-state index in [2.05, 4.69) is 6.08 Å². The molecule has 4 heteroatoms. The Balaban J connectivity index is 1.83. The van der Waals surface area contributed by atoms with Crippen molar-refractivity contribution in [2.45, 2.75) is 39.2 Å². The summed E-state index contributed by atoms with van der Waals surface area (Å²) in [5.41, 5.74) is 0.554. The summed E-state index contributed by atoms with van der Waals surface area (Å²) in [6, 6.07) is 7.20. The Morgan fingerprint density at radius 1 is 1.32 bits per heavy atom. The smallest absolute Gasteiger partial charge is 0.410 e. The molecule has 0 saturated carbocycles. The standard InChI is InChI=1S/C18H25NO3/c1-18(2,3)22-17(21)19-11-9-14(10-12-19)7-8-15-5-4-6-16(20)13-15/h4-8,13-14,20H,9-12H2,1-3H3/b8-7+. The molecule has 1 N–H and O–H groups in total. The summed E-state index contributed by atoms with van der Waals surface area (Å²) in [6.45, 7) is 7.11. The maximum atomic E-state index is 12.0. The Bertz CT molecular complexity index is 538. The minimum Gasteiger partial charge on any atom is -0.508 e. The van der Waals surface area contributed by atoms with Crippen LogP contribution in [0, 0.1) is 5.92 Å². The second kappa shape index (κ2) is 6.86. The summed E-state index contributed by atoms with van der Waals surface area (Å²) < 4.78 is 5.40. The second-order valence-corrected chi connectivity index (χ2v) is 6.76. The van der Waals surface area contributed by atoms with E-state index in [1.165, 1.54) is 0 Å². The molecule has 0 radical (unpaired) electrons. The van der Waals surface area contributed by atoms with Crippen molar-refractivity contribution in [2.24, 2.45) is 5.92 Å². The molecule has 4 nitrogen and oxygen atoms in total. The maximum Gasteiger partial charge on any atom is 0.410 e. The topological polar surface area (TPSA) is 49.8 Å². The molecule has 1 fully saturated rings. The first-order chi connectivity index (χ1) is 10.3. The minimum atomic E-state index is -0.441. The van der Waals surface area contributed by atoms with E-state index in [9.17, 15) is 9.90 Å². The predicted molar refractivity (Wildman–Crippen MR) is 87.7 cm³/mol. The number of hydrogen-bond donors (Lipinski definition) is 1. The fourth-order valence-electron chi connectivity index (χ4n) is 2.48. The molecule has 1 amide bonds. The van der Waals surface area contributed by atoms with E-state index in [-0.39, 0.29) is 11.8 Å². The zero-order valence-electron chi connectivity index (χ0n) is 13.6. The lowest BCUT2D eigenvalue weighted by molar-refractivity contribution is 0.0197. The molecule has 0 spiro atoms. The molecule has 0 aliphatic carbocycles. The molecule has 0 aromatic heterocycles. The monoisotopic (exact) mass is 303 g/mol. The van der Waals surface area contributed by atoms with Crippen LogP contribution < -0.4 is 0 Å². The van der Waals surface area contributed by atoms with E-state index >= 15 is 0 Å². The number of aromatic hydroxyl groups is 1. The number of nitrogens with zero attached hydrogens (tertiary/aromatic N) is 1. The van der Waals surface area contributed by atoms with Crippen LogP contribution in [0.25, 0.3) is 6.08 Å². The van der Waals surface area contributed by atoms with Gasteiger partial charge in [0.15, 0.2) is 0 Å². The van der Waals surface area contributed by atoms with Crippen molar-refractivity contribution in [3.05, 3.63) is 35.9 Å². The van der Waals surface area contributed by atoms with Gasteiger partial charge in [0.25, 0.3) is 0 Å². The van der Waals surface area contributed by atoms with E-state index in [4.69, 9.17) is 4.74 Å². The van der Waals surface area contributed by atoms with Crippen LogP contribution in [0.4, 0.5) is 4.79 Å². The number of amides is 1. The van der Waals surface area contributed by atoms with Gasteiger partial charge in [-0.05, 0) is 57.2 Å². The summed E-state index contributed by atoms with van der Waals surface area (Å²) in [7, 11) is 0. The first-order valence-corrected chi connectivity index (χ1v) is 7.79. The molecule has 1 aromatic rings. The van der Waals surface area contributed by atoms with Crippen molar-refractivity contribution in [3.8, 4) is 5.75 Å². The number of likely N-dealkylation sites (tertiary alicyclic amines) is 1. The van der Waals surface area contributed by atoms with E-state index < -0.39 is 5.60 Å². The molecule has 0 atom stereocenters. The van der Waals surface area contributed by atoms with Crippen LogP contribution in [0.15, 0.2) is 30.3 Å². The third-order valence-electron chi connectivity index (χ3n) is 3.62. The number of benzene rings is 1. The van der Waals surface area contributed by atoms with Crippen LogP contribution in [-0.2, 0) is 4.74 Å². The molecule has 0 bridgehead atoms. The molecule has 0 unspecified atom stereocenters. The van der Waals surface area contributed by atoms with Crippen molar-refractivity contribution < 1.29 is 14.6 Å². The van der Waals surface area contributed by atoms with Crippen molar-refractivity contribution in [1.82, 2.24) is 4.90 Å². The van der Waals surface area contributed by atoms with Crippen LogP contribution in [0.2, 0.25) is 0 Å². The van der Waals surface area contributed by atoms with Crippen molar-refractivity contribution in [2.75, 3.05) is 13.1 Å². The van der Waals surface area contributed by atoms with Crippen LogP contribution in [0.5, 0.6) is 5.75 Å². The molecule has 1 aromatic carbocycles. The Hall–Kier alpha value is -1.97. The number of piperidine rings is 1. The quantitative estimate of drug-likeness (QED) is 0.896. The average Bonchev–Trinajstić information content (AvgIpc) is 2.44. The van der Waals surface area contributed by atoms with E-state index in [1.54, 1.807) is 17.0 Å².